The first-order valence-corrected chi connectivity index (χ1v) is 9.49. The Kier molecular flexibility index (Phi) is 7.28. The van der Waals surface area contributed by atoms with Crippen LogP contribution in [0.4, 0.5) is 0 Å². The van der Waals surface area contributed by atoms with Crippen molar-refractivity contribution in [1.29, 1.82) is 0 Å². The molecular formula is C23H30O4. The third-order valence-electron chi connectivity index (χ3n) is 4.40. The summed E-state index contributed by atoms with van der Waals surface area (Å²) < 4.78 is 11.8. The van der Waals surface area contributed by atoms with E-state index in [4.69, 9.17) is 14.6 Å². The highest BCUT2D eigenvalue weighted by atomic mass is 16.5. The summed E-state index contributed by atoms with van der Waals surface area (Å²) in [5, 5.41) is 8.79. The lowest BCUT2D eigenvalue weighted by Crippen LogP contribution is -2.16. The van der Waals surface area contributed by atoms with Crippen LogP contribution in [0.5, 0.6) is 11.5 Å². The molecule has 0 saturated carbocycles. The lowest BCUT2D eigenvalue weighted by Gasteiger charge is -2.23. The number of carboxylic acids is 1. The third-order valence-corrected chi connectivity index (χ3v) is 4.40. The van der Waals surface area contributed by atoms with Gasteiger partial charge in [0.05, 0.1) is 0 Å². The molecule has 1 N–H and O–H groups in total. The number of ether oxygens (including phenoxy) is 2. The Morgan fingerprint density at radius 1 is 1.00 bits per heavy atom. The molecule has 2 aromatic carbocycles. The van der Waals surface area contributed by atoms with Gasteiger partial charge in [0.25, 0.3) is 0 Å². The summed E-state index contributed by atoms with van der Waals surface area (Å²) in [6.07, 6.45) is 1.63. The van der Waals surface area contributed by atoms with E-state index in [1.54, 1.807) is 0 Å². The lowest BCUT2D eigenvalue weighted by atomic mass is 9.85. The van der Waals surface area contributed by atoms with Gasteiger partial charge in [-0.15, -0.1) is 0 Å². The second-order valence-electron chi connectivity index (χ2n) is 7.67. The Labute approximate surface area is 162 Å². The van der Waals surface area contributed by atoms with Crippen molar-refractivity contribution in [3.8, 4) is 11.5 Å². The molecule has 0 unspecified atom stereocenters. The Morgan fingerprint density at radius 2 is 1.74 bits per heavy atom. The number of hydrogen-bond acceptors (Lipinski definition) is 3. The summed E-state index contributed by atoms with van der Waals surface area (Å²) in [6, 6.07) is 13.9. The molecule has 0 aliphatic heterocycles. The molecule has 2 aromatic rings. The van der Waals surface area contributed by atoms with Gasteiger partial charge in [0, 0.05) is 6.42 Å². The van der Waals surface area contributed by atoms with Crippen LogP contribution in [0.15, 0.2) is 42.5 Å². The van der Waals surface area contributed by atoms with Gasteiger partial charge in [-0.1, -0.05) is 52.0 Å². The van der Waals surface area contributed by atoms with Crippen LogP contribution in [0.3, 0.4) is 0 Å². The highest BCUT2D eigenvalue weighted by molar-refractivity contribution is 5.67. The molecule has 0 fully saturated rings. The van der Waals surface area contributed by atoms with Crippen molar-refractivity contribution in [2.45, 2.75) is 52.4 Å². The van der Waals surface area contributed by atoms with Gasteiger partial charge < -0.3 is 14.6 Å². The molecule has 0 spiro atoms. The van der Waals surface area contributed by atoms with E-state index in [9.17, 15) is 4.79 Å². The first-order valence-electron chi connectivity index (χ1n) is 9.49. The molecule has 0 saturated heterocycles. The fourth-order valence-electron chi connectivity index (χ4n) is 2.86. The van der Waals surface area contributed by atoms with E-state index in [1.165, 1.54) is 11.1 Å². The van der Waals surface area contributed by atoms with Crippen LogP contribution in [0.1, 0.15) is 50.8 Å². The maximum atomic E-state index is 10.7. The van der Waals surface area contributed by atoms with E-state index in [-0.39, 0.29) is 11.8 Å². The van der Waals surface area contributed by atoms with Gasteiger partial charge in [-0.2, -0.15) is 0 Å². The van der Waals surface area contributed by atoms with Crippen LogP contribution in [0.2, 0.25) is 0 Å². The summed E-state index contributed by atoms with van der Waals surface area (Å²) in [7, 11) is 0. The second kappa shape index (κ2) is 9.45. The predicted molar refractivity (Wildman–Crippen MR) is 108 cm³/mol. The van der Waals surface area contributed by atoms with E-state index >= 15 is 0 Å². The summed E-state index contributed by atoms with van der Waals surface area (Å²) in [4.78, 5) is 10.7. The molecular weight excluding hydrogens is 340 g/mol. The Bertz CT molecular complexity index is 759. The van der Waals surface area contributed by atoms with Gasteiger partial charge in [0.1, 0.15) is 24.7 Å². The zero-order valence-electron chi connectivity index (χ0n) is 16.7. The minimum Gasteiger partial charge on any atom is -0.490 e. The normalized spacial score (nSPS) is 11.3. The third kappa shape index (κ3) is 6.63. The predicted octanol–water partition coefficient (Wildman–Crippen LogP) is 5.02. The Morgan fingerprint density at radius 3 is 2.41 bits per heavy atom. The van der Waals surface area contributed by atoms with Crippen molar-refractivity contribution in [3.05, 3.63) is 59.2 Å². The number of aliphatic carboxylic acids is 1. The molecule has 0 aliphatic carbocycles. The number of rotatable bonds is 9. The van der Waals surface area contributed by atoms with Crippen LogP contribution in [0, 0.1) is 0 Å². The molecule has 4 nitrogen and oxygen atoms in total. The first-order chi connectivity index (χ1) is 12.8. The smallest absolute Gasteiger partial charge is 0.303 e. The minimum absolute atomic E-state index is 0.0137. The van der Waals surface area contributed by atoms with Crippen LogP contribution in [-0.2, 0) is 23.1 Å². The number of carbonyl (C=O) groups is 1. The van der Waals surface area contributed by atoms with Crippen molar-refractivity contribution in [2.75, 3.05) is 13.2 Å². The Hall–Kier alpha value is -2.49. The average molecular weight is 370 g/mol. The molecule has 146 valence electrons. The number of hydrogen-bond donors (Lipinski definition) is 1. The summed E-state index contributed by atoms with van der Waals surface area (Å²) in [6.45, 7) is 9.60. The lowest BCUT2D eigenvalue weighted by molar-refractivity contribution is -0.136. The maximum Gasteiger partial charge on any atom is 0.303 e. The SMILES string of the molecule is CCc1ccc(OCCOc2cccc(CCC(=O)O)c2)c(C(C)(C)C)c1. The topological polar surface area (TPSA) is 55.8 Å². The highest BCUT2D eigenvalue weighted by Crippen LogP contribution is 2.32. The monoisotopic (exact) mass is 370 g/mol. The number of aryl methyl sites for hydroxylation is 2. The number of benzene rings is 2. The van der Waals surface area contributed by atoms with Gasteiger partial charge in [-0.25, -0.2) is 0 Å². The summed E-state index contributed by atoms with van der Waals surface area (Å²) in [5.74, 6) is 0.843. The van der Waals surface area contributed by atoms with Crippen molar-refractivity contribution in [1.82, 2.24) is 0 Å². The summed E-state index contributed by atoms with van der Waals surface area (Å²) in [5.41, 5.74) is 3.49. The van der Waals surface area contributed by atoms with Crippen molar-refractivity contribution in [2.24, 2.45) is 0 Å². The fraction of sp³-hybridized carbons (Fsp3) is 0.435. The molecule has 0 atom stereocenters. The molecule has 0 aromatic heterocycles. The largest absolute Gasteiger partial charge is 0.490 e. The minimum atomic E-state index is -0.793. The van der Waals surface area contributed by atoms with Gasteiger partial charge >= 0.3 is 5.97 Å². The summed E-state index contributed by atoms with van der Waals surface area (Å²) >= 11 is 0. The Balaban J connectivity index is 1.92. The van der Waals surface area contributed by atoms with Gasteiger partial charge in [-0.05, 0) is 53.1 Å². The fourth-order valence-corrected chi connectivity index (χ4v) is 2.86. The van der Waals surface area contributed by atoms with Crippen LogP contribution < -0.4 is 9.47 Å². The molecule has 0 heterocycles. The molecule has 27 heavy (non-hydrogen) atoms. The van der Waals surface area contributed by atoms with E-state index in [0.29, 0.717) is 19.6 Å². The number of carboxylic acid groups (broad SMARTS) is 1. The molecule has 0 radical (unpaired) electrons. The highest BCUT2D eigenvalue weighted by Gasteiger charge is 2.19. The standard InChI is InChI=1S/C23H30O4/c1-5-17-9-11-21(20(16-17)23(2,3)4)27-14-13-26-19-8-6-7-18(15-19)10-12-22(24)25/h6-9,11,15-16H,5,10,12-14H2,1-4H3,(H,24,25). The van der Waals surface area contributed by atoms with Gasteiger partial charge in [0.15, 0.2) is 0 Å². The molecule has 0 bridgehead atoms. The first kappa shape index (κ1) is 20.8. The second-order valence-corrected chi connectivity index (χ2v) is 7.67. The zero-order chi connectivity index (χ0) is 19.9. The van der Waals surface area contributed by atoms with E-state index < -0.39 is 5.97 Å². The van der Waals surface area contributed by atoms with Crippen LogP contribution in [0.25, 0.3) is 0 Å². The van der Waals surface area contributed by atoms with Crippen molar-refractivity contribution < 1.29 is 19.4 Å². The molecule has 2 rings (SSSR count). The van der Waals surface area contributed by atoms with E-state index in [2.05, 4.69) is 39.8 Å². The molecule has 0 aliphatic rings. The van der Waals surface area contributed by atoms with Gasteiger partial charge in [0.2, 0.25) is 0 Å². The van der Waals surface area contributed by atoms with Crippen LogP contribution in [-0.4, -0.2) is 24.3 Å². The average Bonchev–Trinajstić information content (AvgIpc) is 2.63. The zero-order valence-corrected chi connectivity index (χ0v) is 16.7. The van der Waals surface area contributed by atoms with Crippen LogP contribution >= 0.6 is 0 Å². The van der Waals surface area contributed by atoms with Gasteiger partial charge in [-0.3, -0.25) is 4.79 Å². The molecule has 4 heteroatoms. The maximum absolute atomic E-state index is 10.7. The van der Waals surface area contributed by atoms with E-state index in [0.717, 1.165) is 23.5 Å². The van der Waals surface area contributed by atoms with E-state index in [1.807, 2.05) is 30.3 Å². The quantitative estimate of drug-likeness (QED) is 0.630. The van der Waals surface area contributed by atoms with Crippen molar-refractivity contribution >= 4 is 5.97 Å². The molecule has 0 amide bonds. The van der Waals surface area contributed by atoms with Crippen molar-refractivity contribution in [3.63, 3.8) is 0 Å².